The van der Waals surface area contributed by atoms with E-state index in [2.05, 4.69) is 30.7 Å². The fraction of sp³-hybridized carbons (Fsp3) is 1.00. The van der Waals surface area contributed by atoms with Crippen LogP contribution in [0.5, 0.6) is 0 Å². The second-order valence-electron chi connectivity index (χ2n) is 5.04. The van der Waals surface area contributed by atoms with Gasteiger partial charge in [0.25, 0.3) is 0 Å². The van der Waals surface area contributed by atoms with E-state index in [9.17, 15) is 0 Å². The molecule has 0 N–H and O–H groups in total. The monoisotopic (exact) mass is 212 g/mol. The Hall–Kier alpha value is -0.0800. The van der Waals surface area contributed by atoms with Crippen molar-refractivity contribution in [3.05, 3.63) is 0 Å². The van der Waals surface area contributed by atoms with E-state index in [-0.39, 0.29) is 0 Å². The van der Waals surface area contributed by atoms with Gasteiger partial charge in [-0.2, -0.15) is 0 Å². The van der Waals surface area contributed by atoms with Gasteiger partial charge in [0.2, 0.25) is 0 Å². The molecule has 0 aliphatic carbocycles. The van der Waals surface area contributed by atoms with Crippen molar-refractivity contribution < 1.29 is 0 Å². The maximum atomic E-state index is 2.67. The number of hydrogen-bond acceptors (Lipinski definition) is 2. The molecular weight excluding hydrogens is 184 g/mol. The molecule has 1 atom stereocenters. The van der Waals surface area contributed by atoms with Gasteiger partial charge < -0.3 is 9.80 Å². The highest BCUT2D eigenvalue weighted by molar-refractivity contribution is 4.72. The molecule has 1 aliphatic rings. The fourth-order valence-electron chi connectivity index (χ4n) is 2.44. The Bertz CT molecular complexity index is 153. The Morgan fingerprint density at radius 3 is 2.40 bits per heavy atom. The van der Waals surface area contributed by atoms with Crippen LogP contribution in [0.1, 0.15) is 46.0 Å². The van der Waals surface area contributed by atoms with Crippen molar-refractivity contribution in [1.82, 2.24) is 9.80 Å². The summed E-state index contributed by atoms with van der Waals surface area (Å²) in [6, 6.07) is 0.782. The van der Waals surface area contributed by atoms with Gasteiger partial charge in [-0.05, 0) is 65.8 Å². The Labute approximate surface area is 95.6 Å². The number of rotatable bonds is 6. The summed E-state index contributed by atoms with van der Waals surface area (Å²) in [5, 5.41) is 0. The molecule has 0 radical (unpaired) electrons. The smallest absolute Gasteiger partial charge is 0.00790 e. The third kappa shape index (κ3) is 4.98. The molecule has 1 aliphatic heterocycles. The summed E-state index contributed by atoms with van der Waals surface area (Å²) in [7, 11) is 2.24. The summed E-state index contributed by atoms with van der Waals surface area (Å²) in [6.45, 7) is 9.81. The van der Waals surface area contributed by atoms with Crippen LogP contribution in [0.3, 0.4) is 0 Å². The minimum absolute atomic E-state index is 0.782. The second kappa shape index (κ2) is 7.24. The lowest BCUT2D eigenvalue weighted by molar-refractivity contribution is 0.155. The van der Waals surface area contributed by atoms with Crippen LogP contribution >= 0.6 is 0 Å². The first-order chi connectivity index (χ1) is 7.24. The van der Waals surface area contributed by atoms with Crippen LogP contribution in [0.15, 0.2) is 0 Å². The third-order valence-corrected chi connectivity index (χ3v) is 3.55. The largest absolute Gasteiger partial charge is 0.306 e. The van der Waals surface area contributed by atoms with Crippen LogP contribution in [-0.4, -0.2) is 49.1 Å². The van der Waals surface area contributed by atoms with Crippen LogP contribution in [0.2, 0.25) is 0 Å². The molecule has 2 heteroatoms. The summed E-state index contributed by atoms with van der Waals surface area (Å²) >= 11 is 0. The first-order valence-corrected chi connectivity index (χ1v) is 6.66. The van der Waals surface area contributed by atoms with Crippen LogP contribution in [0.25, 0.3) is 0 Å². The van der Waals surface area contributed by atoms with E-state index >= 15 is 0 Å². The highest BCUT2D eigenvalue weighted by Gasteiger charge is 2.16. The van der Waals surface area contributed by atoms with Gasteiger partial charge in [-0.3, -0.25) is 0 Å². The van der Waals surface area contributed by atoms with E-state index in [4.69, 9.17) is 0 Å². The molecule has 0 spiro atoms. The molecule has 0 aromatic heterocycles. The molecule has 1 fully saturated rings. The van der Waals surface area contributed by atoms with Crippen LogP contribution in [-0.2, 0) is 0 Å². The normalized spacial score (nSPS) is 20.8. The standard InChI is InChI=1S/C13H28N2/c1-4-9-14(3)12-8-13(2)15-10-6-5-7-11-15/h13H,4-12H2,1-3H3. The molecule has 1 heterocycles. The summed E-state index contributed by atoms with van der Waals surface area (Å²) in [5.74, 6) is 0. The van der Waals surface area contributed by atoms with Gasteiger partial charge in [0.05, 0.1) is 0 Å². The zero-order chi connectivity index (χ0) is 11.1. The quantitative estimate of drug-likeness (QED) is 0.668. The molecule has 1 saturated heterocycles. The van der Waals surface area contributed by atoms with Gasteiger partial charge in [-0.25, -0.2) is 0 Å². The van der Waals surface area contributed by atoms with Crippen molar-refractivity contribution in [2.75, 3.05) is 33.2 Å². The third-order valence-electron chi connectivity index (χ3n) is 3.55. The van der Waals surface area contributed by atoms with E-state index < -0.39 is 0 Å². The molecule has 1 rings (SSSR count). The number of nitrogens with zero attached hydrogens (tertiary/aromatic N) is 2. The summed E-state index contributed by atoms with van der Waals surface area (Å²) in [4.78, 5) is 5.13. The summed E-state index contributed by atoms with van der Waals surface area (Å²) in [6.07, 6.45) is 6.87. The van der Waals surface area contributed by atoms with Gasteiger partial charge in [-0.1, -0.05) is 13.3 Å². The van der Waals surface area contributed by atoms with E-state index in [0.717, 1.165) is 6.04 Å². The van der Waals surface area contributed by atoms with E-state index in [1.165, 1.54) is 58.3 Å². The predicted molar refractivity (Wildman–Crippen MR) is 67.3 cm³/mol. The number of hydrogen-bond donors (Lipinski definition) is 0. The molecule has 1 unspecified atom stereocenters. The van der Waals surface area contributed by atoms with Crippen molar-refractivity contribution in [2.24, 2.45) is 0 Å². The van der Waals surface area contributed by atoms with Crippen LogP contribution < -0.4 is 0 Å². The lowest BCUT2D eigenvalue weighted by Gasteiger charge is -2.33. The minimum atomic E-state index is 0.782. The topological polar surface area (TPSA) is 6.48 Å². The van der Waals surface area contributed by atoms with E-state index in [0.29, 0.717) is 0 Å². The van der Waals surface area contributed by atoms with Gasteiger partial charge in [0.15, 0.2) is 0 Å². The fourth-order valence-corrected chi connectivity index (χ4v) is 2.44. The minimum Gasteiger partial charge on any atom is -0.306 e. The first kappa shape index (κ1) is 13.0. The molecular formula is C13H28N2. The zero-order valence-corrected chi connectivity index (χ0v) is 10.8. The number of likely N-dealkylation sites (tertiary alicyclic amines) is 1. The lowest BCUT2D eigenvalue weighted by atomic mass is 10.1. The molecule has 0 bridgehead atoms. The molecule has 0 aromatic rings. The van der Waals surface area contributed by atoms with Gasteiger partial charge in [0, 0.05) is 6.04 Å². The van der Waals surface area contributed by atoms with Crippen molar-refractivity contribution in [1.29, 1.82) is 0 Å². The molecule has 0 amide bonds. The van der Waals surface area contributed by atoms with E-state index in [1.807, 2.05) is 0 Å². The summed E-state index contributed by atoms with van der Waals surface area (Å²) in [5.41, 5.74) is 0. The highest BCUT2D eigenvalue weighted by atomic mass is 15.2. The average Bonchev–Trinajstić information content (AvgIpc) is 2.27. The summed E-state index contributed by atoms with van der Waals surface area (Å²) < 4.78 is 0. The predicted octanol–water partition coefficient (Wildman–Crippen LogP) is 2.59. The van der Waals surface area contributed by atoms with Gasteiger partial charge in [0.1, 0.15) is 0 Å². The molecule has 90 valence electrons. The van der Waals surface area contributed by atoms with Crippen LogP contribution in [0.4, 0.5) is 0 Å². The second-order valence-corrected chi connectivity index (χ2v) is 5.04. The Kier molecular flexibility index (Phi) is 6.26. The number of piperidine rings is 1. The van der Waals surface area contributed by atoms with Crippen molar-refractivity contribution in [2.45, 2.75) is 52.0 Å². The SMILES string of the molecule is CCCN(C)CCC(C)N1CCCCC1. The maximum absolute atomic E-state index is 2.67. The maximum Gasteiger partial charge on any atom is 0.00790 e. The Balaban J connectivity index is 2.13. The molecule has 2 nitrogen and oxygen atoms in total. The Morgan fingerprint density at radius 2 is 1.80 bits per heavy atom. The lowest BCUT2D eigenvalue weighted by Crippen LogP contribution is -2.39. The van der Waals surface area contributed by atoms with Crippen LogP contribution in [0, 0.1) is 0 Å². The Morgan fingerprint density at radius 1 is 1.13 bits per heavy atom. The highest BCUT2D eigenvalue weighted by Crippen LogP contribution is 2.14. The van der Waals surface area contributed by atoms with Crippen molar-refractivity contribution in [3.8, 4) is 0 Å². The zero-order valence-electron chi connectivity index (χ0n) is 10.8. The first-order valence-electron chi connectivity index (χ1n) is 6.66. The molecule has 0 saturated carbocycles. The molecule has 0 aromatic carbocycles. The van der Waals surface area contributed by atoms with Crippen molar-refractivity contribution >= 4 is 0 Å². The average molecular weight is 212 g/mol. The van der Waals surface area contributed by atoms with Gasteiger partial charge >= 0.3 is 0 Å². The van der Waals surface area contributed by atoms with E-state index in [1.54, 1.807) is 0 Å². The van der Waals surface area contributed by atoms with Crippen molar-refractivity contribution in [3.63, 3.8) is 0 Å². The van der Waals surface area contributed by atoms with Gasteiger partial charge in [-0.15, -0.1) is 0 Å². The molecule has 15 heavy (non-hydrogen) atoms.